The summed E-state index contributed by atoms with van der Waals surface area (Å²) in [5, 5.41) is 0. The van der Waals surface area contributed by atoms with Gasteiger partial charge in [-0.1, -0.05) is 0 Å². The van der Waals surface area contributed by atoms with Gasteiger partial charge in [0.2, 0.25) is 5.91 Å². The number of carbonyl (C=O) groups is 2. The van der Waals surface area contributed by atoms with Crippen LogP contribution in [0.1, 0.15) is 45.4 Å². The summed E-state index contributed by atoms with van der Waals surface area (Å²) in [5.41, 5.74) is 2.06. The Balaban J connectivity index is 2.24. The normalized spacial score (nSPS) is 14.4. The average molecular weight is 300 g/mol. The number of nitrogens with zero attached hydrogens (tertiary/aromatic N) is 1. The van der Waals surface area contributed by atoms with Gasteiger partial charge in [0, 0.05) is 41.1 Å². The van der Waals surface area contributed by atoms with Gasteiger partial charge in [0.05, 0.1) is 6.54 Å². The Labute approximate surface area is 122 Å². The van der Waals surface area contributed by atoms with Crippen LogP contribution in [0.2, 0.25) is 0 Å². The second-order valence-corrected chi connectivity index (χ2v) is 6.53. The molecule has 2 heterocycles. The summed E-state index contributed by atoms with van der Waals surface area (Å²) in [4.78, 5) is 27.8. The van der Waals surface area contributed by atoms with Crippen molar-refractivity contribution in [2.75, 3.05) is 12.4 Å². The van der Waals surface area contributed by atoms with Gasteiger partial charge in [-0.15, -0.1) is 22.9 Å². The first-order valence-electron chi connectivity index (χ1n) is 6.50. The van der Waals surface area contributed by atoms with Gasteiger partial charge in [0.1, 0.15) is 0 Å². The molecule has 1 aromatic rings. The first-order valence-corrected chi connectivity index (χ1v) is 7.85. The summed E-state index contributed by atoms with van der Waals surface area (Å²) in [5.74, 6) is 0.827. The highest BCUT2D eigenvalue weighted by Gasteiger charge is 2.26. The van der Waals surface area contributed by atoms with Gasteiger partial charge in [0.25, 0.3) is 0 Å². The number of carbonyl (C=O) groups excluding carboxylic acids is 2. The molecule has 0 aliphatic carbocycles. The quantitative estimate of drug-likeness (QED) is 0.632. The third-order valence-corrected chi connectivity index (χ3v) is 4.89. The molecule has 0 fully saturated rings. The molecule has 0 saturated heterocycles. The molecule has 1 aromatic heterocycles. The van der Waals surface area contributed by atoms with Gasteiger partial charge in [0.15, 0.2) is 5.78 Å². The summed E-state index contributed by atoms with van der Waals surface area (Å²) < 4.78 is 0. The molecule has 1 amide bonds. The first-order chi connectivity index (χ1) is 9.04. The highest BCUT2D eigenvalue weighted by atomic mass is 35.5. The van der Waals surface area contributed by atoms with E-state index in [0.29, 0.717) is 25.4 Å². The second-order valence-electron chi connectivity index (χ2n) is 4.84. The predicted octanol–water partition coefficient (Wildman–Crippen LogP) is 3.16. The Hall–Kier alpha value is -0.870. The second kappa shape index (κ2) is 6.06. The van der Waals surface area contributed by atoms with Gasteiger partial charge in [-0.3, -0.25) is 9.59 Å². The fraction of sp³-hybridized carbons (Fsp3) is 0.571. The van der Waals surface area contributed by atoms with Crippen molar-refractivity contribution in [2.45, 2.75) is 39.7 Å². The summed E-state index contributed by atoms with van der Waals surface area (Å²) in [7, 11) is 0. The van der Waals surface area contributed by atoms with E-state index in [-0.39, 0.29) is 11.7 Å². The first kappa shape index (κ1) is 14.5. The molecule has 0 radical (unpaired) electrons. The monoisotopic (exact) mass is 299 g/mol. The maximum atomic E-state index is 12.2. The minimum absolute atomic E-state index is 0.103. The van der Waals surface area contributed by atoms with Crippen molar-refractivity contribution in [2.24, 2.45) is 0 Å². The fourth-order valence-corrected chi connectivity index (χ4v) is 3.92. The van der Waals surface area contributed by atoms with Crippen LogP contribution in [0.3, 0.4) is 0 Å². The molecule has 0 aromatic carbocycles. The topological polar surface area (TPSA) is 37.4 Å². The molecule has 19 heavy (non-hydrogen) atoms. The number of fused-ring (bicyclic) bond motifs is 1. The molecule has 0 saturated carbocycles. The van der Waals surface area contributed by atoms with Gasteiger partial charge < -0.3 is 4.90 Å². The summed E-state index contributed by atoms with van der Waals surface area (Å²) >= 11 is 7.30. The molecule has 1 aliphatic rings. The van der Waals surface area contributed by atoms with Crippen molar-refractivity contribution in [1.82, 2.24) is 4.90 Å². The molecule has 2 rings (SSSR count). The third kappa shape index (κ3) is 3.00. The molecular weight excluding hydrogens is 282 g/mol. The van der Waals surface area contributed by atoms with Crippen molar-refractivity contribution in [3.8, 4) is 0 Å². The number of thiophene rings is 1. The van der Waals surface area contributed by atoms with Crippen LogP contribution in [0.5, 0.6) is 0 Å². The zero-order valence-electron chi connectivity index (χ0n) is 11.3. The van der Waals surface area contributed by atoms with Crippen molar-refractivity contribution >= 4 is 34.6 Å². The lowest BCUT2D eigenvalue weighted by molar-refractivity contribution is -0.129. The number of Topliss-reactive ketones (excluding diaryl/α,β-unsaturated/α-hetero) is 1. The molecule has 0 spiro atoms. The number of rotatable bonds is 4. The van der Waals surface area contributed by atoms with Crippen LogP contribution in [0.15, 0.2) is 0 Å². The van der Waals surface area contributed by atoms with Crippen LogP contribution in [0.4, 0.5) is 0 Å². The van der Waals surface area contributed by atoms with Crippen molar-refractivity contribution in [1.29, 1.82) is 0 Å². The Morgan fingerprint density at radius 1 is 1.42 bits per heavy atom. The van der Waals surface area contributed by atoms with Crippen LogP contribution in [-0.4, -0.2) is 29.0 Å². The van der Waals surface area contributed by atoms with Gasteiger partial charge in [-0.25, -0.2) is 0 Å². The van der Waals surface area contributed by atoms with E-state index < -0.39 is 0 Å². The molecule has 0 unspecified atom stereocenters. The lowest BCUT2D eigenvalue weighted by Crippen LogP contribution is -2.33. The van der Waals surface area contributed by atoms with Crippen molar-refractivity contribution in [3.63, 3.8) is 0 Å². The largest absolute Gasteiger partial charge is 0.337 e. The fourth-order valence-electron chi connectivity index (χ4n) is 2.53. The number of halogens is 1. The Kier molecular flexibility index (Phi) is 4.63. The third-order valence-electron chi connectivity index (χ3n) is 3.49. The molecule has 0 N–H and O–H groups in total. The molecule has 0 bridgehead atoms. The molecule has 0 atom stereocenters. The Morgan fingerprint density at radius 2 is 2.16 bits per heavy atom. The zero-order chi connectivity index (χ0) is 14.0. The molecular formula is C14H18ClNO2S. The average Bonchev–Trinajstić information content (AvgIpc) is 2.70. The summed E-state index contributed by atoms with van der Waals surface area (Å²) in [6.07, 6.45) is 2.04. The number of ketones is 1. The van der Waals surface area contributed by atoms with Crippen LogP contribution in [0.25, 0.3) is 0 Å². The maximum Gasteiger partial charge on any atom is 0.219 e. The van der Waals surface area contributed by atoms with E-state index in [1.165, 1.54) is 10.4 Å². The van der Waals surface area contributed by atoms with Crippen molar-refractivity contribution in [3.05, 3.63) is 20.9 Å². The Morgan fingerprint density at radius 3 is 2.79 bits per heavy atom. The predicted molar refractivity (Wildman–Crippen MR) is 78.1 cm³/mol. The Bertz CT molecular complexity index is 510. The zero-order valence-corrected chi connectivity index (χ0v) is 12.9. The lowest BCUT2D eigenvalue weighted by atomic mass is 9.97. The number of alkyl halides is 1. The van der Waals surface area contributed by atoms with Crippen LogP contribution in [0, 0.1) is 6.92 Å². The lowest BCUT2D eigenvalue weighted by Gasteiger charge is -2.26. The molecule has 1 aliphatic heterocycles. The van der Waals surface area contributed by atoms with Gasteiger partial charge >= 0.3 is 0 Å². The molecule has 3 nitrogen and oxygen atoms in total. The SMILES string of the molecule is CC(=O)N1CCc2c(sc(C)c2C(=O)CCCCl)C1. The molecule has 5 heteroatoms. The number of hydrogen-bond acceptors (Lipinski definition) is 3. The summed E-state index contributed by atoms with van der Waals surface area (Å²) in [6.45, 7) is 4.96. The van der Waals surface area contributed by atoms with Crippen LogP contribution < -0.4 is 0 Å². The van der Waals surface area contributed by atoms with Crippen LogP contribution in [-0.2, 0) is 17.8 Å². The number of aryl methyl sites for hydroxylation is 1. The van der Waals surface area contributed by atoms with Gasteiger partial charge in [-0.05, 0) is 25.3 Å². The number of amides is 1. The molecule has 104 valence electrons. The van der Waals surface area contributed by atoms with E-state index in [1.807, 2.05) is 11.8 Å². The van der Waals surface area contributed by atoms with Gasteiger partial charge in [-0.2, -0.15) is 0 Å². The van der Waals surface area contributed by atoms with E-state index in [0.717, 1.165) is 23.3 Å². The minimum atomic E-state index is 0.103. The highest BCUT2D eigenvalue weighted by molar-refractivity contribution is 7.12. The van der Waals surface area contributed by atoms with E-state index >= 15 is 0 Å². The van der Waals surface area contributed by atoms with Crippen LogP contribution >= 0.6 is 22.9 Å². The highest BCUT2D eigenvalue weighted by Crippen LogP contribution is 2.33. The standard InChI is InChI=1S/C14H18ClNO2S/c1-9-14(12(18)4-3-6-15)11-5-7-16(10(2)17)8-13(11)19-9/h3-8H2,1-2H3. The van der Waals surface area contributed by atoms with Crippen molar-refractivity contribution < 1.29 is 9.59 Å². The van der Waals surface area contributed by atoms with E-state index in [4.69, 9.17) is 11.6 Å². The number of hydrogen-bond donors (Lipinski definition) is 0. The van der Waals surface area contributed by atoms with E-state index in [1.54, 1.807) is 18.3 Å². The minimum Gasteiger partial charge on any atom is -0.337 e. The maximum absolute atomic E-state index is 12.2. The summed E-state index contributed by atoms with van der Waals surface area (Å²) in [6, 6.07) is 0. The van der Waals surface area contributed by atoms with E-state index in [2.05, 4.69) is 0 Å². The van der Waals surface area contributed by atoms with E-state index in [9.17, 15) is 9.59 Å². The smallest absolute Gasteiger partial charge is 0.219 e.